The van der Waals surface area contributed by atoms with Crippen LogP contribution in [0.25, 0.3) is 56.1 Å². The molecule has 8 N–H and O–H groups in total. The van der Waals surface area contributed by atoms with Gasteiger partial charge in [0.15, 0.2) is 65.4 Å². The molecule has 0 aliphatic heterocycles. The molecule has 0 radical (unpaired) electrons. The van der Waals surface area contributed by atoms with Crippen LogP contribution in [-0.2, 0) is 115 Å². The first-order valence-corrected chi connectivity index (χ1v) is 33.5. The third-order valence-electron chi connectivity index (χ3n) is 16.4. The highest BCUT2D eigenvalue weighted by Crippen LogP contribution is 2.26. The Hall–Kier alpha value is -12.1. The Morgan fingerprint density at radius 3 is 1.09 bits per heavy atom. The largest absolute Gasteiger partial charge is 0.462 e. The molecule has 8 aromatic rings. The number of carbonyl (C=O) groups excluding carboxylic acids is 10. The van der Waals surface area contributed by atoms with Gasteiger partial charge in [-0.3, -0.25) is 67.8 Å². The predicted octanol–water partition coefficient (Wildman–Crippen LogP) is -0.612. The number of esters is 8. The minimum atomic E-state index is -1.62. The van der Waals surface area contributed by atoms with Crippen LogP contribution in [0.1, 0.15) is 99.3 Å². The fraction of sp³-hybridized carbons (Fsp3) is 0.457. The maximum Gasteiger partial charge on any atom is 0.303 e. The summed E-state index contributed by atoms with van der Waals surface area (Å²) in [6, 6.07) is 10.5. The summed E-state index contributed by atoms with van der Waals surface area (Å²) >= 11 is 0. The number of benzene rings is 3. The molecule has 0 aliphatic rings. The number of nitrogens with one attached hydrogen (secondary N) is 2. The molecular formula is C70H89N15O25. The standard InChI is InChI=1S/C26H31N5O9.C25H31N3O10.C18H23N5O5.CH4N2O/c1-13-8-19-20(9-14(13)2)31(26(36)23(28-19)25-29-27-12-30(25)7)10-21(38-16(4)33)24(40-18(6)35)22(39-17(5)34)11-37-15(3)32;1-12-8-18-19(9-13(12)2)28(25(34)22(27-18)24(33)26-7)10-20(36-15(4)30)23(38-17(6)32)21(37-16(5)31)11-35-14(3)29;1-9-4-11-12(5-10(9)2)23(6-13(25)16(27)14(26)7-24)18(28)15(20-11)17-21-19-8-22(17)3;2-3-1-4/h8-9,12,21-22,24H,10-11H2,1-7H3;8-9,20-21,23H,10-11H2,1-7H3,(H,26,33);4-5,8,13-14,16,24-27H,6-7H2,1-3H3;1H,2H2,(H,3,4)/t21-,22+,24-;20-,21+,23-;13-,14+,16-;/m000./s1. The quantitative estimate of drug-likeness (QED) is 0.00843. The van der Waals surface area contributed by atoms with Crippen molar-refractivity contribution in [3.05, 3.63) is 119 Å². The highest BCUT2D eigenvalue weighted by molar-refractivity contribution is 5.94. The number of aryl methyl sites for hydroxylation is 8. The van der Waals surface area contributed by atoms with Crippen LogP contribution in [0.15, 0.2) is 63.4 Å². The Balaban J connectivity index is 0.000000292. The van der Waals surface area contributed by atoms with Crippen LogP contribution < -0.4 is 33.3 Å². The van der Waals surface area contributed by atoms with E-state index in [4.69, 9.17) is 47.8 Å². The molecule has 594 valence electrons. The summed E-state index contributed by atoms with van der Waals surface area (Å²) in [7, 11) is 4.68. The first-order valence-electron chi connectivity index (χ1n) is 33.5. The first-order chi connectivity index (χ1) is 51.7. The molecule has 0 unspecified atom stereocenters. The lowest BCUT2D eigenvalue weighted by Crippen LogP contribution is -2.50. The lowest BCUT2D eigenvalue weighted by Gasteiger charge is -2.32. The Bertz CT molecular complexity index is 4910. The van der Waals surface area contributed by atoms with Gasteiger partial charge in [0.25, 0.3) is 22.6 Å². The van der Waals surface area contributed by atoms with E-state index in [0.29, 0.717) is 39.5 Å². The number of nitrogens with zero attached hydrogens (tertiary/aromatic N) is 12. The average molecular weight is 1540 g/mol. The van der Waals surface area contributed by atoms with Crippen LogP contribution in [0.5, 0.6) is 0 Å². The zero-order valence-electron chi connectivity index (χ0n) is 63.4. The van der Waals surface area contributed by atoms with Gasteiger partial charge in [0.05, 0.1) is 59.3 Å². The molecule has 9 atom stereocenters. The van der Waals surface area contributed by atoms with Crippen LogP contribution in [0.2, 0.25) is 0 Å². The number of aliphatic hydroxyl groups is 4. The monoisotopic (exact) mass is 1540 g/mol. The molecule has 5 aromatic heterocycles. The summed E-state index contributed by atoms with van der Waals surface area (Å²) in [5.41, 5.74) is 7.29. The van der Waals surface area contributed by atoms with Gasteiger partial charge in [-0.15, -0.1) is 20.4 Å². The van der Waals surface area contributed by atoms with Gasteiger partial charge in [-0.2, -0.15) is 0 Å². The molecule has 0 aliphatic carbocycles. The Labute approximate surface area is 626 Å². The maximum absolute atomic E-state index is 13.9. The lowest BCUT2D eigenvalue weighted by molar-refractivity contribution is -0.190. The third kappa shape index (κ3) is 23.7. The number of amides is 2. The van der Waals surface area contributed by atoms with Crippen LogP contribution >= 0.6 is 0 Å². The topological polar surface area (TPSA) is 542 Å². The number of aromatic nitrogens is 12. The van der Waals surface area contributed by atoms with Crippen molar-refractivity contribution in [2.24, 2.45) is 19.9 Å². The second-order valence-corrected chi connectivity index (χ2v) is 25.0. The fourth-order valence-electron chi connectivity index (χ4n) is 10.8. The molecule has 0 bridgehead atoms. The van der Waals surface area contributed by atoms with Crippen molar-refractivity contribution in [1.29, 1.82) is 0 Å². The van der Waals surface area contributed by atoms with Crippen molar-refractivity contribution in [2.75, 3.05) is 26.9 Å². The van der Waals surface area contributed by atoms with Crippen molar-refractivity contribution in [2.45, 2.75) is 172 Å². The molecule has 0 spiro atoms. The summed E-state index contributed by atoms with van der Waals surface area (Å²) in [6.45, 7) is 17.3. The van der Waals surface area contributed by atoms with E-state index in [2.05, 4.69) is 46.5 Å². The summed E-state index contributed by atoms with van der Waals surface area (Å²) in [6.07, 6.45) is -9.85. The number of ether oxygens (including phenoxy) is 8. The molecule has 8 rings (SSSR count). The Morgan fingerprint density at radius 1 is 0.473 bits per heavy atom. The smallest absolute Gasteiger partial charge is 0.303 e. The van der Waals surface area contributed by atoms with Gasteiger partial charge in [0.2, 0.25) is 6.41 Å². The number of hydrogen-bond donors (Lipinski definition) is 7. The van der Waals surface area contributed by atoms with E-state index in [1.807, 2.05) is 47.6 Å². The SMILES string of the molecule is CC(=O)OC[C@@H](OC(C)=O)[C@@H](OC(C)=O)[C@H](Cn1c(=O)c(-c2nncn2C)nc2cc(C)c(C)cc21)OC(C)=O.CNC(=O)c1nc2cc(C)c(C)cc2n(C[C@H](OC(C)=O)[C@H](OC(C)=O)[C@@H](COC(C)=O)OC(C)=O)c1=O.Cc1cc2nc(-c3nncn3C)c(=O)n(C[C@H](O)[C@H](O)[C@H](O)CO)c2cc1C.NNC=O. The highest BCUT2D eigenvalue weighted by atomic mass is 16.6. The summed E-state index contributed by atoms with van der Waals surface area (Å²) in [5, 5.41) is 56.8. The van der Waals surface area contributed by atoms with Crippen molar-refractivity contribution in [1.82, 2.24) is 68.9 Å². The molecule has 40 nitrogen and oxygen atoms in total. The number of aliphatic hydroxyl groups excluding tert-OH is 4. The third-order valence-corrected chi connectivity index (χ3v) is 16.4. The molecule has 0 saturated carbocycles. The molecule has 110 heavy (non-hydrogen) atoms. The normalized spacial score (nSPS) is 13.4. The fourth-order valence-corrected chi connectivity index (χ4v) is 10.8. The second kappa shape index (κ2) is 40.2. The molecular weight excluding hydrogens is 1450 g/mol. The van der Waals surface area contributed by atoms with Crippen LogP contribution in [0.4, 0.5) is 0 Å². The molecule has 5 heterocycles. The maximum atomic E-state index is 13.9. The van der Waals surface area contributed by atoms with Gasteiger partial charge < -0.3 is 86.5 Å². The van der Waals surface area contributed by atoms with Gasteiger partial charge in [-0.1, -0.05) is 0 Å². The van der Waals surface area contributed by atoms with E-state index in [0.717, 1.165) is 88.8 Å². The van der Waals surface area contributed by atoms with Crippen LogP contribution in [0.3, 0.4) is 0 Å². The van der Waals surface area contributed by atoms with Gasteiger partial charge in [0.1, 0.15) is 44.2 Å². The van der Waals surface area contributed by atoms with Crippen LogP contribution in [0, 0.1) is 41.5 Å². The second-order valence-electron chi connectivity index (χ2n) is 25.0. The number of rotatable bonds is 27. The van der Waals surface area contributed by atoms with Gasteiger partial charge in [0, 0.05) is 76.5 Å². The Morgan fingerprint density at radius 2 is 0.791 bits per heavy atom. The Kier molecular flexibility index (Phi) is 32.3. The average Bonchev–Trinajstić information content (AvgIpc) is 1.33. The molecule has 0 fully saturated rings. The van der Waals surface area contributed by atoms with E-state index in [1.54, 1.807) is 54.4 Å². The van der Waals surface area contributed by atoms with Crippen molar-refractivity contribution in [3.8, 4) is 23.0 Å². The van der Waals surface area contributed by atoms with E-state index in [1.165, 1.54) is 38.0 Å². The zero-order valence-corrected chi connectivity index (χ0v) is 63.4. The number of carbonyl (C=O) groups is 10. The zero-order chi connectivity index (χ0) is 82.5. The molecule has 40 heteroatoms. The molecule has 2 amide bonds. The molecule has 3 aromatic carbocycles. The summed E-state index contributed by atoms with van der Waals surface area (Å²) < 4.78 is 49.2. The van der Waals surface area contributed by atoms with Crippen molar-refractivity contribution < 1.29 is 106 Å². The van der Waals surface area contributed by atoms with Crippen molar-refractivity contribution in [3.63, 3.8) is 0 Å². The van der Waals surface area contributed by atoms with E-state index in [9.17, 15) is 72.9 Å². The van der Waals surface area contributed by atoms with E-state index >= 15 is 0 Å². The van der Waals surface area contributed by atoms with Gasteiger partial charge in [-0.25, -0.2) is 20.8 Å². The van der Waals surface area contributed by atoms with Crippen LogP contribution in [-0.4, -0.2) is 220 Å². The van der Waals surface area contributed by atoms with E-state index < -0.39 is 157 Å². The summed E-state index contributed by atoms with van der Waals surface area (Å²) in [5.74, 6) is -1.98. The minimum Gasteiger partial charge on any atom is -0.462 e. The van der Waals surface area contributed by atoms with Gasteiger partial charge in [-0.05, 0) is 111 Å². The molecule has 0 saturated heterocycles. The highest BCUT2D eigenvalue weighted by Gasteiger charge is 2.41. The number of hydrogen-bond acceptors (Lipinski definition) is 33. The number of nitrogens with two attached hydrogens (primary N) is 1. The number of fused-ring (bicyclic) bond motifs is 3. The first kappa shape index (κ1) is 88.5. The summed E-state index contributed by atoms with van der Waals surface area (Å²) in [4.78, 5) is 170. The van der Waals surface area contributed by atoms with Gasteiger partial charge >= 0.3 is 47.8 Å². The predicted molar refractivity (Wildman–Crippen MR) is 385 cm³/mol. The van der Waals surface area contributed by atoms with E-state index in [-0.39, 0.29) is 36.1 Å². The minimum absolute atomic E-state index is 0.0159. The van der Waals surface area contributed by atoms with Crippen molar-refractivity contribution >= 4 is 93.2 Å². The lowest BCUT2D eigenvalue weighted by atomic mass is 10.1. The number of hydrazine groups is 1.